The zero-order valence-electron chi connectivity index (χ0n) is 15.7. The number of hydrogen-bond donors (Lipinski definition) is 1. The van der Waals surface area contributed by atoms with Gasteiger partial charge < -0.3 is 5.32 Å². The quantitative estimate of drug-likeness (QED) is 0.824. The van der Waals surface area contributed by atoms with E-state index in [1.54, 1.807) is 0 Å². The molecule has 1 saturated heterocycles. The van der Waals surface area contributed by atoms with Crippen LogP contribution in [0.3, 0.4) is 0 Å². The average molecular weight is 362 g/mol. The van der Waals surface area contributed by atoms with Gasteiger partial charge in [0.2, 0.25) is 0 Å². The van der Waals surface area contributed by atoms with Gasteiger partial charge in [-0.1, -0.05) is 72.8 Å². The molecule has 1 fully saturated rings. The van der Waals surface area contributed by atoms with Gasteiger partial charge in [0, 0.05) is 38.1 Å². The zero-order chi connectivity index (χ0) is 18.5. The van der Waals surface area contributed by atoms with Crippen molar-refractivity contribution in [1.29, 1.82) is 0 Å². The lowest BCUT2D eigenvalue weighted by Crippen LogP contribution is -2.46. The Balaban J connectivity index is 1.37. The highest BCUT2D eigenvalue weighted by Crippen LogP contribution is 2.30. The number of nitrogens with one attached hydrogen (secondary N) is 1. The van der Waals surface area contributed by atoms with E-state index in [0.29, 0.717) is 12.0 Å². The van der Waals surface area contributed by atoms with Gasteiger partial charge in [0.1, 0.15) is 6.67 Å². The van der Waals surface area contributed by atoms with Crippen LogP contribution in [0.4, 0.5) is 4.39 Å². The number of piperazine rings is 1. The van der Waals surface area contributed by atoms with Crippen LogP contribution in [0.25, 0.3) is 0 Å². The van der Waals surface area contributed by atoms with Gasteiger partial charge >= 0.3 is 0 Å². The molecule has 2 aromatic rings. The fraction of sp³-hybridized carbons (Fsp3) is 0.333. The van der Waals surface area contributed by atoms with Crippen LogP contribution < -0.4 is 5.32 Å². The molecule has 0 aromatic heterocycles. The third-order valence-corrected chi connectivity index (χ3v) is 5.64. The molecule has 0 bridgehead atoms. The zero-order valence-corrected chi connectivity index (χ0v) is 15.7. The highest BCUT2D eigenvalue weighted by Gasteiger charge is 2.22. The Labute approximate surface area is 161 Å². The van der Waals surface area contributed by atoms with Gasteiger partial charge in [-0.15, -0.1) is 0 Å². The second-order valence-corrected chi connectivity index (χ2v) is 7.47. The third-order valence-electron chi connectivity index (χ3n) is 5.64. The fourth-order valence-corrected chi connectivity index (χ4v) is 4.15. The van der Waals surface area contributed by atoms with Crippen LogP contribution in [0, 0.1) is 0 Å². The van der Waals surface area contributed by atoms with Crippen molar-refractivity contribution in [3.8, 4) is 0 Å². The van der Waals surface area contributed by atoms with Crippen molar-refractivity contribution in [1.82, 2.24) is 10.2 Å². The minimum Gasteiger partial charge on any atom is -0.308 e. The van der Waals surface area contributed by atoms with Gasteiger partial charge in [0.05, 0.1) is 0 Å². The van der Waals surface area contributed by atoms with Gasteiger partial charge in [-0.2, -0.15) is 0 Å². The van der Waals surface area contributed by atoms with Gasteiger partial charge in [-0.05, 0) is 28.7 Å². The van der Waals surface area contributed by atoms with Gasteiger partial charge in [0.15, 0.2) is 0 Å². The Kier molecular flexibility index (Phi) is 5.81. The molecular weight excluding hydrogens is 335 g/mol. The first kappa shape index (κ1) is 18.1. The molecule has 2 nitrogen and oxygen atoms in total. The highest BCUT2D eigenvalue weighted by molar-refractivity contribution is 5.38. The molecule has 0 radical (unpaired) electrons. The van der Waals surface area contributed by atoms with Crippen molar-refractivity contribution in [3.63, 3.8) is 0 Å². The second-order valence-electron chi connectivity index (χ2n) is 7.47. The Morgan fingerprint density at radius 2 is 1.85 bits per heavy atom. The van der Waals surface area contributed by atoms with E-state index in [-0.39, 0.29) is 0 Å². The molecule has 1 aliphatic heterocycles. The minimum absolute atomic E-state index is 0.292. The lowest BCUT2D eigenvalue weighted by atomic mass is 9.87. The van der Waals surface area contributed by atoms with Crippen LogP contribution >= 0.6 is 0 Å². The van der Waals surface area contributed by atoms with Crippen molar-refractivity contribution in [2.24, 2.45) is 0 Å². The standard InChI is InChI=1S/C24H27FN2/c25-16-22-8-4-5-9-23(22)20-12-10-19(11-13-20)17-27-15-14-26-24(18-27)21-6-2-1-3-7-21/h1-12,20,24,26H,13-18H2. The lowest BCUT2D eigenvalue weighted by molar-refractivity contribution is 0.216. The van der Waals surface area contributed by atoms with Gasteiger partial charge in [-0.3, -0.25) is 4.90 Å². The summed E-state index contributed by atoms with van der Waals surface area (Å²) in [5, 5.41) is 3.63. The maximum Gasteiger partial charge on any atom is 0.115 e. The SMILES string of the molecule is FCc1ccccc1C1C=CC(CN2CCNC(c3ccccc3)C2)=CC1. The molecule has 2 aromatic carbocycles. The summed E-state index contributed by atoms with van der Waals surface area (Å²) in [6, 6.07) is 19.0. The first-order chi connectivity index (χ1) is 13.3. The van der Waals surface area contributed by atoms with Crippen molar-refractivity contribution >= 4 is 0 Å². The summed E-state index contributed by atoms with van der Waals surface area (Å²) in [5.74, 6) is 0.292. The molecule has 1 aliphatic carbocycles. The van der Waals surface area contributed by atoms with Crippen molar-refractivity contribution in [3.05, 3.63) is 95.1 Å². The van der Waals surface area contributed by atoms with Crippen LogP contribution in [-0.4, -0.2) is 31.1 Å². The van der Waals surface area contributed by atoms with Crippen LogP contribution in [-0.2, 0) is 6.67 Å². The first-order valence-electron chi connectivity index (χ1n) is 9.85. The summed E-state index contributed by atoms with van der Waals surface area (Å²) in [7, 11) is 0. The average Bonchev–Trinajstić information content (AvgIpc) is 2.75. The Hall–Kier alpha value is -2.23. The van der Waals surface area contributed by atoms with E-state index in [0.717, 1.165) is 43.7 Å². The molecule has 1 heterocycles. The highest BCUT2D eigenvalue weighted by atomic mass is 19.1. The van der Waals surface area contributed by atoms with Crippen LogP contribution in [0.5, 0.6) is 0 Å². The summed E-state index contributed by atoms with van der Waals surface area (Å²) in [4.78, 5) is 2.53. The van der Waals surface area contributed by atoms with Crippen LogP contribution in [0.15, 0.2) is 78.4 Å². The molecule has 0 saturated carbocycles. The molecule has 0 amide bonds. The number of benzene rings is 2. The van der Waals surface area contributed by atoms with E-state index in [2.05, 4.69) is 64.8 Å². The van der Waals surface area contributed by atoms with E-state index < -0.39 is 6.67 Å². The van der Waals surface area contributed by atoms with E-state index in [4.69, 9.17) is 0 Å². The van der Waals surface area contributed by atoms with Gasteiger partial charge in [0.25, 0.3) is 0 Å². The number of alkyl halides is 1. The number of halogens is 1. The molecule has 3 heteroatoms. The summed E-state index contributed by atoms with van der Waals surface area (Å²) in [6.07, 6.45) is 7.78. The van der Waals surface area contributed by atoms with Crippen molar-refractivity contribution < 1.29 is 4.39 Å². The number of rotatable bonds is 5. The molecule has 2 unspecified atom stereocenters. The fourth-order valence-electron chi connectivity index (χ4n) is 4.15. The van der Waals surface area contributed by atoms with Crippen LogP contribution in [0.1, 0.15) is 35.1 Å². The predicted octanol–water partition coefficient (Wildman–Crippen LogP) is 4.77. The van der Waals surface area contributed by atoms with Gasteiger partial charge in [-0.25, -0.2) is 4.39 Å². The Morgan fingerprint density at radius 1 is 1.04 bits per heavy atom. The maximum atomic E-state index is 13.3. The number of allylic oxidation sites excluding steroid dienone is 2. The number of nitrogens with zero attached hydrogens (tertiary/aromatic N) is 1. The Morgan fingerprint density at radius 3 is 2.63 bits per heavy atom. The van der Waals surface area contributed by atoms with Crippen molar-refractivity contribution in [2.45, 2.75) is 25.1 Å². The topological polar surface area (TPSA) is 15.3 Å². The van der Waals surface area contributed by atoms with Crippen molar-refractivity contribution in [2.75, 3.05) is 26.2 Å². The maximum absolute atomic E-state index is 13.3. The normalized spacial score (nSPS) is 23.2. The molecule has 27 heavy (non-hydrogen) atoms. The second kappa shape index (κ2) is 8.64. The van der Waals surface area contributed by atoms with E-state index >= 15 is 0 Å². The monoisotopic (exact) mass is 362 g/mol. The summed E-state index contributed by atoms with van der Waals surface area (Å²) in [6.45, 7) is 3.71. The summed E-state index contributed by atoms with van der Waals surface area (Å²) < 4.78 is 13.3. The lowest BCUT2D eigenvalue weighted by Gasteiger charge is -2.34. The summed E-state index contributed by atoms with van der Waals surface area (Å²) in [5.41, 5.74) is 4.67. The van der Waals surface area contributed by atoms with E-state index in [1.807, 2.05) is 18.2 Å². The predicted molar refractivity (Wildman–Crippen MR) is 109 cm³/mol. The minimum atomic E-state index is -0.390. The molecule has 140 valence electrons. The molecule has 2 atom stereocenters. The largest absolute Gasteiger partial charge is 0.308 e. The summed E-state index contributed by atoms with van der Waals surface area (Å²) >= 11 is 0. The van der Waals surface area contributed by atoms with Crippen LogP contribution in [0.2, 0.25) is 0 Å². The molecule has 0 spiro atoms. The molecular formula is C24H27FN2. The molecule has 4 rings (SSSR count). The Bertz CT molecular complexity index is 812. The molecule has 2 aliphatic rings. The number of hydrogen-bond acceptors (Lipinski definition) is 2. The third kappa shape index (κ3) is 4.37. The van der Waals surface area contributed by atoms with E-state index in [1.165, 1.54) is 11.1 Å². The van der Waals surface area contributed by atoms with E-state index in [9.17, 15) is 4.39 Å². The first-order valence-corrected chi connectivity index (χ1v) is 9.85. The molecule has 1 N–H and O–H groups in total. The smallest absolute Gasteiger partial charge is 0.115 e.